The number of fused-ring (bicyclic) bond motifs is 1. The summed E-state index contributed by atoms with van der Waals surface area (Å²) in [6.07, 6.45) is 1.70. The Hall–Kier alpha value is -2.94. The first-order chi connectivity index (χ1) is 13.2. The van der Waals surface area contributed by atoms with E-state index in [4.69, 9.17) is 4.74 Å². The number of pyridine rings is 1. The van der Waals surface area contributed by atoms with E-state index < -0.39 is 10.0 Å². The maximum Gasteiger partial charge on any atom is 0.285 e. The number of amides is 1. The van der Waals surface area contributed by atoms with Crippen LogP contribution in [0.4, 0.5) is 0 Å². The number of sulfonamides is 1. The second-order valence-electron chi connectivity index (χ2n) is 6.57. The summed E-state index contributed by atoms with van der Waals surface area (Å²) in [5.74, 6) is 0.739. The van der Waals surface area contributed by atoms with Gasteiger partial charge in [-0.05, 0) is 26.0 Å². The fraction of sp³-hybridized carbons (Fsp3) is 0.316. The smallest absolute Gasteiger partial charge is 0.285 e. The van der Waals surface area contributed by atoms with Gasteiger partial charge in [-0.1, -0.05) is 12.1 Å². The highest BCUT2D eigenvalue weighted by Gasteiger charge is 2.30. The topological polar surface area (TPSA) is 101 Å². The van der Waals surface area contributed by atoms with E-state index in [0.717, 1.165) is 16.9 Å². The number of methoxy groups -OCH3 is 1. The van der Waals surface area contributed by atoms with Crippen molar-refractivity contribution in [3.8, 4) is 5.75 Å². The number of rotatable bonds is 5. The van der Waals surface area contributed by atoms with Gasteiger partial charge in [0.15, 0.2) is 5.84 Å². The molecular weight excluding hydrogens is 380 g/mol. The molecule has 2 aromatic rings. The molecule has 0 unspecified atom stereocenters. The van der Waals surface area contributed by atoms with E-state index in [1.807, 2.05) is 13.8 Å². The molecule has 1 N–H and O–H groups in total. The van der Waals surface area contributed by atoms with Crippen molar-refractivity contribution in [2.45, 2.75) is 25.3 Å². The molecule has 3 rings (SSSR count). The number of carbonyl (C=O) groups excluding carboxylic acids is 1. The number of hydrogen-bond donors (Lipinski definition) is 1. The van der Waals surface area contributed by atoms with Gasteiger partial charge in [-0.3, -0.25) is 9.78 Å². The fourth-order valence-corrected chi connectivity index (χ4v) is 4.39. The second kappa shape index (κ2) is 7.59. The lowest BCUT2D eigenvalue weighted by molar-refractivity contribution is -0.121. The van der Waals surface area contributed by atoms with Crippen LogP contribution < -0.4 is 10.1 Å². The highest BCUT2D eigenvalue weighted by atomic mass is 32.2. The van der Waals surface area contributed by atoms with Crippen LogP contribution in [0.3, 0.4) is 0 Å². The fourth-order valence-electron chi connectivity index (χ4n) is 3.14. The normalized spacial score (nSPS) is 14.2. The van der Waals surface area contributed by atoms with Gasteiger partial charge < -0.3 is 15.0 Å². The van der Waals surface area contributed by atoms with Crippen LogP contribution in [0.5, 0.6) is 5.75 Å². The summed E-state index contributed by atoms with van der Waals surface area (Å²) in [7, 11) is -0.486. The number of likely N-dealkylation sites (N-methyl/N-ethyl adjacent to an activating group) is 1. The third kappa shape index (κ3) is 3.70. The molecule has 0 saturated carbocycles. The van der Waals surface area contributed by atoms with E-state index >= 15 is 0 Å². The predicted octanol–water partition coefficient (Wildman–Crippen LogP) is 1.40. The van der Waals surface area contributed by atoms with E-state index in [-0.39, 0.29) is 29.7 Å². The van der Waals surface area contributed by atoms with E-state index in [2.05, 4.69) is 14.7 Å². The quantitative estimate of drug-likeness (QED) is 0.811. The minimum atomic E-state index is -3.72. The predicted molar refractivity (Wildman–Crippen MR) is 105 cm³/mol. The third-order valence-corrected chi connectivity index (χ3v) is 5.88. The van der Waals surface area contributed by atoms with Gasteiger partial charge in [0.25, 0.3) is 10.0 Å². The number of amidine groups is 1. The molecule has 0 spiro atoms. The first-order valence-corrected chi connectivity index (χ1v) is 10.1. The van der Waals surface area contributed by atoms with Crippen LogP contribution in [0.25, 0.3) is 0 Å². The molecule has 28 heavy (non-hydrogen) atoms. The van der Waals surface area contributed by atoms with Crippen LogP contribution in [-0.2, 0) is 21.4 Å². The molecule has 0 atom stereocenters. The summed E-state index contributed by atoms with van der Waals surface area (Å²) in [6, 6.07) is 6.57. The van der Waals surface area contributed by atoms with Crippen LogP contribution in [-0.4, -0.2) is 50.7 Å². The van der Waals surface area contributed by atoms with Gasteiger partial charge in [0.1, 0.15) is 10.6 Å². The Morgan fingerprint density at radius 3 is 2.68 bits per heavy atom. The molecular formula is C19H22N4O4S. The zero-order valence-corrected chi connectivity index (χ0v) is 17.0. The second-order valence-corrected chi connectivity index (χ2v) is 8.14. The highest BCUT2D eigenvalue weighted by molar-refractivity contribution is 7.90. The Bertz CT molecular complexity index is 1060. The number of aromatic nitrogens is 1. The summed E-state index contributed by atoms with van der Waals surface area (Å²) in [6.45, 7) is 4.01. The van der Waals surface area contributed by atoms with Crippen molar-refractivity contribution in [1.82, 2.24) is 15.2 Å². The molecule has 1 amide bonds. The zero-order chi connectivity index (χ0) is 20.5. The Morgan fingerprint density at radius 2 is 1.96 bits per heavy atom. The van der Waals surface area contributed by atoms with Crippen molar-refractivity contribution in [1.29, 1.82) is 0 Å². The Kier molecular flexibility index (Phi) is 5.37. The van der Waals surface area contributed by atoms with Crippen molar-refractivity contribution in [3.05, 3.63) is 52.8 Å². The summed E-state index contributed by atoms with van der Waals surface area (Å²) in [5.41, 5.74) is 3.01. The molecule has 0 bridgehead atoms. The standard InChI is InChI=1S/C19H22N4O4S/c1-12-9-20-15(13(2)18(12)27-4)10-21-17(24)11-23(3)19-14-7-5-6-8-16(14)28(25,26)22-19/h5-9H,10-11H2,1-4H3,(H,21,24). The molecule has 0 saturated heterocycles. The van der Waals surface area contributed by atoms with Crippen molar-refractivity contribution in [3.63, 3.8) is 0 Å². The molecule has 0 fully saturated rings. The van der Waals surface area contributed by atoms with Crippen molar-refractivity contribution in [2.75, 3.05) is 20.7 Å². The van der Waals surface area contributed by atoms with E-state index in [9.17, 15) is 13.2 Å². The first kappa shape index (κ1) is 19.8. The largest absolute Gasteiger partial charge is 0.496 e. The van der Waals surface area contributed by atoms with Crippen molar-refractivity contribution < 1.29 is 17.9 Å². The molecule has 1 aliphatic rings. The maximum atomic E-state index is 12.4. The van der Waals surface area contributed by atoms with Gasteiger partial charge >= 0.3 is 0 Å². The van der Waals surface area contributed by atoms with E-state index in [1.165, 1.54) is 11.0 Å². The number of nitrogens with one attached hydrogen (secondary N) is 1. The SMILES string of the molecule is COc1c(C)cnc(CNC(=O)CN(C)C2=NS(=O)(=O)c3ccccc32)c1C. The molecule has 1 aromatic heterocycles. The maximum absolute atomic E-state index is 12.4. The number of benzene rings is 1. The van der Waals surface area contributed by atoms with E-state index in [1.54, 1.807) is 38.6 Å². The van der Waals surface area contributed by atoms with Crippen LogP contribution in [0.1, 0.15) is 22.4 Å². The van der Waals surface area contributed by atoms with Crippen LogP contribution in [0.2, 0.25) is 0 Å². The Balaban J connectivity index is 1.68. The summed E-state index contributed by atoms with van der Waals surface area (Å²) in [4.78, 5) is 18.4. The van der Waals surface area contributed by atoms with Gasteiger partial charge in [0.2, 0.25) is 5.91 Å². The minimum Gasteiger partial charge on any atom is -0.496 e. The van der Waals surface area contributed by atoms with Gasteiger partial charge in [0, 0.05) is 29.9 Å². The Labute approximate surface area is 164 Å². The minimum absolute atomic E-state index is 0.0370. The Morgan fingerprint density at radius 1 is 1.25 bits per heavy atom. The molecule has 148 valence electrons. The number of aryl methyl sites for hydroxylation is 1. The van der Waals surface area contributed by atoms with Gasteiger partial charge in [-0.15, -0.1) is 4.40 Å². The summed E-state index contributed by atoms with van der Waals surface area (Å²) >= 11 is 0. The molecule has 1 aromatic carbocycles. The van der Waals surface area contributed by atoms with Gasteiger partial charge in [-0.2, -0.15) is 8.42 Å². The number of hydrogen-bond acceptors (Lipinski definition) is 6. The number of ether oxygens (including phenoxy) is 1. The van der Waals surface area contributed by atoms with Gasteiger partial charge in [-0.25, -0.2) is 0 Å². The lowest BCUT2D eigenvalue weighted by atomic mass is 10.1. The number of nitrogens with zero attached hydrogens (tertiary/aromatic N) is 3. The average molecular weight is 402 g/mol. The number of carbonyl (C=O) groups is 1. The van der Waals surface area contributed by atoms with Crippen LogP contribution >= 0.6 is 0 Å². The van der Waals surface area contributed by atoms with Crippen LogP contribution in [0.15, 0.2) is 39.8 Å². The zero-order valence-electron chi connectivity index (χ0n) is 16.2. The van der Waals surface area contributed by atoms with Crippen molar-refractivity contribution >= 4 is 21.8 Å². The lowest BCUT2D eigenvalue weighted by Gasteiger charge is -2.19. The van der Waals surface area contributed by atoms with E-state index in [0.29, 0.717) is 11.3 Å². The molecule has 8 nitrogen and oxygen atoms in total. The summed E-state index contributed by atoms with van der Waals surface area (Å²) in [5, 5.41) is 2.81. The third-order valence-electron chi connectivity index (χ3n) is 4.56. The molecule has 2 heterocycles. The first-order valence-electron chi connectivity index (χ1n) is 8.66. The van der Waals surface area contributed by atoms with Crippen molar-refractivity contribution in [2.24, 2.45) is 4.40 Å². The summed E-state index contributed by atoms with van der Waals surface area (Å²) < 4.78 is 33.5. The molecule has 9 heteroatoms. The van der Waals surface area contributed by atoms with Gasteiger partial charge in [0.05, 0.1) is 25.9 Å². The van der Waals surface area contributed by atoms with Crippen LogP contribution in [0, 0.1) is 13.8 Å². The average Bonchev–Trinajstić information content (AvgIpc) is 2.93. The molecule has 0 radical (unpaired) electrons. The molecule has 1 aliphatic heterocycles. The molecule has 0 aliphatic carbocycles. The monoisotopic (exact) mass is 402 g/mol. The highest BCUT2D eigenvalue weighted by Crippen LogP contribution is 2.27. The lowest BCUT2D eigenvalue weighted by Crippen LogP contribution is -2.38.